The van der Waals surface area contributed by atoms with Gasteiger partial charge in [0.1, 0.15) is 12.1 Å². The molecule has 4 rings (SSSR count). The highest BCUT2D eigenvalue weighted by Crippen LogP contribution is 2.59. The average Bonchev–Trinajstić information content (AvgIpc) is 3.56. The van der Waals surface area contributed by atoms with Gasteiger partial charge in [0.25, 0.3) is 0 Å². The van der Waals surface area contributed by atoms with Gasteiger partial charge in [0, 0.05) is 10.9 Å². The Morgan fingerprint density at radius 2 is 1.49 bits per heavy atom. The third-order valence-electron chi connectivity index (χ3n) is 6.00. The second kappa shape index (κ2) is 9.44. The van der Waals surface area contributed by atoms with E-state index in [2.05, 4.69) is 0 Å². The summed E-state index contributed by atoms with van der Waals surface area (Å²) in [5, 5.41) is 20.4. The lowest BCUT2D eigenvalue weighted by atomic mass is 10.1. The highest BCUT2D eigenvalue weighted by atomic mass is 35.5. The number of carbonyl (C=O) groups is 2. The summed E-state index contributed by atoms with van der Waals surface area (Å²) < 4.78 is 27.7. The summed E-state index contributed by atoms with van der Waals surface area (Å²) in [6.45, 7) is -1.04. The minimum absolute atomic E-state index is 0.0993. The van der Waals surface area contributed by atoms with Crippen molar-refractivity contribution in [1.29, 1.82) is 0 Å². The van der Waals surface area contributed by atoms with Gasteiger partial charge in [-0.3, -0.25) is 9.59 Å². The molecule has 0 bridgehead atoms. The van der Waals surface area contributed by atoms with Crippen LogP contribution in [-0.2, 0) is 19.6 Å². The zero-order valence-electron chi connectivity index (χ0n) is 17.9. The SMILES string of the molecule is O=C(O)CN([C@]1(C(=O)O)C[C@H]1c1cccc(Cl)c1Cl)S(=O)(=O)c1ccc(-c2ccc(Cl)cc2)cc1. The maximum absolute atomic E-state index is 13.6. The Kier molecular flexibility index (Phi) is 6.87. The molecule has 0 aliphatic heterocycles. The fraction of sp³-hybridized carbons (Fsp3) is 0.167. The van der Waals surface area contributed by atoms with Gasteiger partial charge < -0.3 is 10.2 Å². The van der Waals surface area contributed by atoms with E-state index < -0.39 is 40.0 Å². The van der Waals surface area contributed by atoms with Crippen LogP contribution in [0.1, 0.15) is 17.9 Å². The molecule has 3 aromatic rings. The lowest BCUT2D eigenvalue weighted by Gasteiger charge is -2.28. The predicted octanol–water partition coefficient (Wildman–Crippen LogP) is 5.40. The molecule has 0 heterocycles. The van der Waals surface area contributed by atoms with Crippen LogP contribution in [0.3, 0.4) is 0 Å². The van der Waals surface area contributed by atoms with E-state index in [1.54, 1.807) is 48.5 Å². The van der Waals surface area contributed by atoms with Crippen LogP contribution in [-0.4, -0.2) is 47.0 Å². The summed E-state index contributed by atoms with van der Waals surface area (Å²) in [6.07, 6.45) is -0.155. The molecule has 0 amide bonds. The van der Waals surface area contributed by atoms with E-state index in [4.69, 9.17) is 34.8 Å². The summed E-state index contributed by atoms with van der Waals surface area (Å²) >= 11 is 18.3. The van der Waals surface area contributed by atoms with Crippen molar-refractivity contribution < 1.29 is 28.2 Å². The van der Waals surface area contributed by atoms with Crippen molar-refractivity contribution >= 4 is 56.8 Å². The molecule has 1 aliphatic carbocycles. The first kappa shape index (κ1) is 25.5. The van der Waals surface area contributed by atoms with Crippen LogP contribution in [0.5, 0.6) is 0 Å². The van der Waals surface area contributed by atoms with E-state index in [1.807, 2.05) is 0 Å². The summed E-state index contributed by atoms with van der Waals surface area (Å²) in [5.41, 5.74) is -0.195. The molecule has 35 heavy (non-hydrogen) atoms. The van der Waals surface area contributed by atoms with Crippen LogP contribution < -0.4 is 0 Å². The van der Waals surface area contributed by atoms with Crippen LogP contribution in [0.15, 0.2) is 71.6 Å². The van der Waals surface area contributed by atoms with Gasteiger partial charge in [0.2, 0.25) is 10.0 Å². The fourth-order valence-electron chi connectivity index (χ4n) is 4.18. The summed E-state index contributed by atoms with van der Waals surface area (Å²) in [6, 6.07) is 17.3. The minimum atomic E-state index is -4.53. The number of sulfonamides is 1. The summed E-state index contributed by atoms with van der Waals surface area (Å²) in [5.74, 6) is -3.84. The van der Waals surface area contributed by atoms with Crippen molar-refractivity contribution in [2.45, 2.75) is 22.8 Å². The molecule has 0 radical (unpaired) electrons. The summed E-state index contributed by atoms with van der Waals surface area (Å²) in [4.78, 5) is 23.9. The number of rotatable bonds is 8. The number of hydrogen-bond acceptors (Lipinski definition) is 4. The highest BCUT2D eigenvalue weighted by molar-refractivity contribution is 7.89. The molecule has 11 heteroatoms. The van der Waals surface area contributed by atoms with E-state index in [0.29, 0.717) is 20.5 Å². The van der Waals surface area contributed by atoms with Crippen LogP contribution >= 0.6 is 34.8 Å². The fourth-order valence-corrected chi connectivity index (χ4v) is 6.47. The number of halogens is 3. The number of hydrogen-bond donors (Lipinski definition) is 2. The average molecular weight is 555 g/mol. The monoisotopic (exact) mass is 553 g/mol. The predicted molar refractivity (Wildman–Crippen MR) is 133 cm³/mol. The highest BCUT2D eigenvalue weighted by Gasteiger charge is 2.68. The molecule has 1 aliphatic rings. The Bertz CT molecular complexity index is 1410. The second-order valence-corrected chi connectivity index (χ2v) is 11.1. The zero-order chi connectivity index (χ0) is 25.5. The van der Waals surface area contributed by atoms with Crippen LogP contribution in [0.2, 0.25) is 15.1 Å². The molecule has 182 valence electrons. The van der Waals surface area contributed by atoms with Gasteiger partial charge in [0.15, 0.2) is 0 Å². The zero-order valence-corrected chi connectivity index (χ0v) is 20.9. The quantitative estimate of drug-likeness (QED) is 0.386. The van der Waals surface area contributed by atoms with Crippen molar-refractivity contribution in [3.63, 3.8) is 0 Å². The van der Waals surface area contributed by atoms with Crippen molar-refractivity contribution in [2.24, 2.45) is 0 Å². The second-order valence-electron chi connectivity index (χ2n) is 8.07. The number of nitrogens with zero attached hydrogens (tertiary/aromatic N) is 1. The molecule has 1 saturated carbocycles. The van der Waals surface area contributed by atoms with Gasteiger partial charge in [-0.05, 0) is 53.4 Å². The summed E-state index contributed by atoms with van der Waals surface area (Å²) in [7, 11) is -4.53. The van der Waals surface area contributed by atoms with E-state index in [-0.39, 0.29) is 21.4 Å². The van der Waals surface area contributed by atoms with Gasteiger partial charge in [-0.15, -0.1) is 0 Å². The standard InChI is InChI=1S/C24H18Cl3NO6S/c25-16-8-4-14(5-9-16)15-6-10-17(11-7-15)35(33,34)28(13-21(29)30)24(23(31)32)12-19(24)18-2-1-3-20(26)22(18)27/h1-11,19H,12-13H2,(H,29,30)(H,31,32)/t19-,24+/m0/s1. The first-order chi connectivity index (χ1) is 16.5. The normalized spacial score (nSPS) is 19.5. The molecule has 2 atom stereocenters. The Morgan fingerprint density at radius 1 is 0.914 bits per heavy atom. The Balaban J connectivity index is 1.75. The Morgan fingerprint density at radius 3 is 2.03 bits per heavy atom. The van der Waals surface area contributed by atoms with Gasteiger partial charge in [-0.2, -0.15) is 4.31 Å². The molecule has 0 spiro atoms. The van der Waals surface area contributed by atoms with E-state index in [1.165, 1.54) is 18.2 Å². The third kappa shape index (κ3) is 4.64. The molecule has 7 nitrogen and oxygen atoms in total. The Hall–Kier alpha value is -2.62. The number of carboxylic acids is 2. The van der Waals surface area contributed by atoms with Gasteiger partial charge in [0.05, 0.1) is 14.9 Å². The maximum atomic E-state index is 13.6. The molecular weight excluding hydrogens is 537 g/mol. The maximum Gasteiger partial charge on any atom is 0.325 e. The number of carboxylic acid groups (broad SMARTS) is 2. The largest absolute Gasteiger partial charge is 0.480 e. The van der Waals surface area contributed by atoms with Gasteiger partial charge in [-0.25, -0.2) is 8.42 Å². The topological polar surface area (TPSA) is 112 Å². The smallest absolute Gasteiger partial charge is 0.325 e. The van der Waals surface area contributed by atoms with Gasteiger partial charge in [-0.1, -0.05) is 71.2 Å². The van der Waals surface area contributed by atoms with E-state index in [0.717, 1.165) is 5.56 Å². The molecule has 0 saturated heterocycles. The van der Waals surface area contributed by atoms with Crippen LogP contribution in [0.4, 0.5) is 0 Å². The minimum Gasteiger partial charge on any atom is -0.480 e. The van der Waals surface area contributed by atoms with Crippen molar-refractivity contribution in [1.82, 2.24) is 4.31 Å². The molecular formula is C24H18Cl3NO6S. The van der Waals surface area contributed by atoms with Gasteiger partial charge >= 0.3 is 11.9 Å². The molecule has 1 fully saturated rings. The molecule has 3 aromatic carbocycles. The van der Waals surface area contributed by atoms with Crippen molar-refractivity contribution in [2.75, 3.05) is 6.54 Å². The van der Waals surface area contributed by atoms with Crippen molar-refractivity contribution in [3.8, 4) is 11.1 Å². The van der Waals surface area contributed by atoms with Crippen LogP contribution in [0.25, 0.3) is 11.1 Å². The molecule has 2 N–H and O–H groups in total. The van der Waals surface area contributed by atoms with Crippen molar-refractivity contribution in [3.05, 3.63) is 87.4 Å². The number of benzene rings is 3. The lowest BCUT2D eigenvalue weighted by Crippen LogP contribution is -2.50. The van der Waals surface area contributed by atoms with E-state index in [9.17, 15) is 28.2 Å². The Labute approximate surface area is 216 Å². The van der Waals surface area contributed by atoms with E-state index >= 15 is 0 Å². The first-order valence-corrected chi connectivity index (χ1v) is 12.8. The third-order valence-corrected chi connectivity index (χ3v) is 8.99. The molecule has 0 aromatic heterocycles. The van der Waals surface area contributed by atoms with Crippen LogP contribution in [0, 0.1) is 0 Å². The lowest BCUT2D eigenvalue weighted by molar-refractivity contribution is -0.145. The first-order valence-electron chi connectivity index (χ1n) is 10.3. The number of aliphatic carboxylic acids is 2. The molecule has 0 unspecified atom stereocenters.